The van der Waals surface area contributed by atoms with E-state index >= 15 is 0 Å². The van der Waals surface area contributed by atoms with Gasteiger partial charge in [-0.15, -0.1) is 0 Å². The van der Waals surface area contributed by atoms with Gasteiger partial charge >= 0.3 is 0 Å². The summed E-state index contributed by atoms with van der Waals surface area (Å²) in [7, 11) is 1.61. The molecule has 3 heteroatoms. The lowest BCUT2D eigenvalue weighted by Crippen LogP contribution is -1.94. The lowest BCUT2D eigenvalue weighted by Gasteiger charge is -1.90. The summed E-state index contributed by atoms with van der Waals surface area (Å²) in [6, 6.07) is 0. The molecule has 0 saturated carbocycles. The van der Waals surface area contributed by atoms with E-state index < -0.39 is 0 Å². The molecule has 0 spiro atoms. The van der Waals surface area contributed by atoms with E-state index in [1.807, 2.05) is 13.8 Å². The number of hydrogen-bond acceptors (Lipinski definition) is 3. The van der Waals surface area contributed by atoms with Crippen LogP contribution >= 0.6 is 0 Å². The van der Waals surface area contributed by atoms with Gasteiger partial charge in [-0.05, 0) is 0 Å². The normalized spacial score (nSPS) is 9.11. The van der Waals surface area contributed by atoms with Crippen LogP contribution in [0.5, 0.6) is 0 Å². The van der Waals surface area contributed by atoms with Crippen molar-refractivity contribution >= 4 is 12.3 Å². The van der Waals surface area contributed by atoms with Gasteiger partial charge < -0.3 is 4.74 Å². The zero-order valence-corrected chi connectivity index (χ0v) is 6.43. The highest BCUT2D eigenvalue weighted by molar-refractivity contribution is 5.79. The Morgan fingerprint density at radius 2 is 2.00 bits per heavy atom. The third-order valence-electron chi connectivity index (χ3n) is 0.544. The molecule has 0 aliphatic carbocycles. The first kappa shape index (κ1) is 11.0. The zero-order chi connectivity index (χ0) is 7.70. The third-order valence-corrected chi connectivity index (χ3v) is 0.544. The maximum atomic E-state index is 6.41. The second-order valence-corrected chi connectivity index (χ2v) is 0.978. The molecule has 54 valence electrons. The van der Waals surface area contributed by atoms with Crippen molar-refractivity contribution in [3.05, 3.63) is 0 Å². The number of hydrogen-bond donors (Lipinski definition) is 1. The van der Waals surface area contributed by atoms with E-state index in [1.54, 1.807) is 14.0 Å². The average molecular weight is 130 g/mol. The first-order chi connectivity index (χ1) is 4.31. The van der Waals surface area contributed by atoms with Crippen LogP contribution in [-0.2, 0) is 4.74 Å². The number of nitrogens with one attached hydrogen (secondary N) is 1. The molecule has 1 N–H and O–H groups in total. The van der Waals surface area contributed by atoms with E-state index in [-0.39, 0.29) is 0 Å². The van der Waals surface area contributed by atoms with Crippen LogP contribution in [0.15, 0.2) is 4.99 Å². The minimum Gasteiger partial charge on any atom is -0.433 e. The number of ether oxygens (including phenoxy) is 1. The molecule has 0 aliphatic rings. The molecule has 0 aromatic carbocycles. The maximum Gasteiger partial charge on any atom is 0.188 e. The molecule has 0 amide bonds. The molecule has 0 heterocycles. The largest absolute Gasteiger partial charge is 0.433 e. The molecule has 0 radical (unpaired) electrons. The monoisotopic (exact) mass is 130 g/mol. The van der Waals surface area contributed by atoms with Crippen molar-refractivity contribution in [1.82, 2.24) is 0 Å². The fourth-order valence-electron chi connectivity index (χ4n) is 0.138. The summed E-state index contributed by atoms with van der Waals surface area (Å²) in [4.78, 5) is 3.62. The molecule has 0 bridgehead atoms. The van der Waals surface area contributed by atoms with Crippen LogP contribution in [0.2, 0.25) is 0 Å². The van der Waals surface area contributed by atoms with Crippen molar-refractivity contribution in [2.75, 3.05) is 7.05 Å². The molecule has 3 nitrogen and oxygen atoms in total. The predicted molar refractivity (Wildman–Crippen MR) is 40.2 cm³/mol. The number of rotatable bonds is 1. The van der Waals surface area contributed by atoms with E-state index in [0.717, 1.165) is 6.40 Å². The number of aliphatic imine (C=N–C) groups is 1. The Hall–Kier alpha value is -0.860. The van der Waals surface area contributed by atoms with Crippen molar-refractivity contribution in [3.8, 4) is 0 Å². The van der Waals surface area contributed by atoms with Crippen LogP contribution in [0.1, 0.15) is 20.8 Å². The van der Waals surface area contributed by atoms with E-state index in [2.05, 4.69) is 9.73 Å². The Morgan fingerprint density at radius 3 is 2.11 bits per heavy atom. The molecule has 9 heavy (non-hydrogen) atoms. The lowest BCUT2D eigenvalue weighted by atomic mass is 10.8. The van der Waals surface area contributed by atoms with Gasteiger partial charge in [0.2, 0.25) is 0 Å². The van der Waals surface area contributed by atoms with Crippen molar-refractivity contribution < 1.29 is 4.74 Å². The smallest absolute Gasteiger partial charge is 0.188 e. The SMILES string of the molecule is CC.CN=C(C)OC=N. The van der Waals surface area contributed by atoms with Gasteiger partial charge in [-0.1, -0.05) is 13.8 Å². The standard InChI is InChI=1S/C4H8N2O.C2H6/c1-4(6-2)7-3-5;1-2/h3,5H,1-2H3;1-2H3. The fraction of sp³-hybridized carbons (Fsp3) is 0.667. The molecular formula is C6H14N2O. The van der Waals surface area contributed by atoms with Crippen LogP contribution in [0.4, 0.5) is 0 Å². The van der Waals surface area contributed by atoms with Crippen LogP contribution in [0.25, 0.3) is 0 Å². The van der Waals surface area contributed by atoms with Gasteiger partial charge in [0.05, 0.1) is 0 Å². The van der Waals surface area contributed by atoms with E-state index in [9.17, 15) is 0 Å². The van der Waals surface area contributed by atoms with Crippen molar-refractivity contribution in [2.45, 2.75) is 20.8 Å². The van der Waals surface area contributed by atoms with Gasteiger partial charge in [0, 0.05) is 14.0 Å². The Balaban J connectivity index is 0. The van der Waals surface area contributed by atoms with Crippen LogP contribution in [0.3, 0.4) is 0 Å². The summed E-state index contributed by atoms with van der Waals surface area (Å²) in [5, 5.41) is 6.41. The maximum absolute atomic E-state index is 6.41. The minimum atomic E-state index is 0.509. The highest BCUT2D eigenvalue weighted by atomic mass is 16.5. The molecule has 0 atom stereocenters. The fourth-order valence-corrected chi connectivity index (χ4v) is 0.138. The summed E-state index contributed by atoms with van der Waals surface area (Å²) in [6.07, 6.45) is 0.850. The quantitative estimate of drug-likeness (QED) is 0.426. The topological polar surface area (TPSA) is 45.4 Å². The molecule has 0 aromatic rings. The Morgan fingerprint density at radius 1 is 1.56 bits per heavy atom. The van der Waals surface area contributed by atoms with Gasteiger partial charge in [0.25, 0.3) is 0 Å². The van der Waals surface area contributed by atoms with Crippen LogP contribution in [0, 0.1) is 5.41 Å². The highest BCUT2D eigenvalue weighted by Crippen LogP contribution is 1.71. The summed E-state index contributed by atoms with van der Waals surface area (Å²) in [5.74, 6) is 0.509. The summed E-state index contributed by atoms with van der Waals surface area (Å²) in [6.45, 7) is 5.69. The Bertz CT molecular complexity index is 89.1. The average Bonchev–Trinajstić information content (AvgIpc) is 1.93. The van der Waals surface area contributed by atoms with E-state index in [4.69, 9.17) is 5.41 Å². The van der Waals surface area contributed by atoms with Crippen molar-refractivity contribution in [3.63, 3.8) is 0 Å². The minimum absolute atomic E-state index is 0.509. The van der Waals surface area contributed by atoms with Gasteiger partial charge in [0.1, 0.15) is 0 Å². The summed E-state index contributed by atoms with van der Waals surface area (Å²) >= 11 is 0. The Labute approximate surface area is 56.3 Å². The van der Waals surface area contributed by atoms with Gasteiger partial charge in [0.15, 0.2) is 12.3 Å². The van der Waals surface area contributed by atoms with Crippen molar-refractivity contribution in [2.24, 2.45) is 4.99 Å². The second kappa shape index (κ2) is 10.2. The molecule has 0 rings (SSSR count). The van der Waals surface area contributed by atoms with Gasteiger partial charge in [-0.25, -0.2) is 0 Å². The van der Waals surface area contributed by atoms with Crippen molar-refractivity contribution in [1.29, 1.82) is 5.41 Å². The lowest BCUT2D eigenvalue weighted by molar-refractivity contribution is 0.558. The molecule has 0 fully saturated rings. The Kier molecular flexibility index (Phi) is 12.5. The summed E-state index contributed by atoms with van der Waals surface area (Å²) < 4.78 is 4.48. The molecule has 0 saturated heterocycles. The van der Waals surface area contributed by atoms with Crippen LogP contribution in [-0.4, -0.2) is 19.3 Å². The number of nitrogens with zero attached hydrogens (tertiary/aromatic N) is 1. The third kappa shape index (κ3) is 11.0. The van der Waals surface area contributed by atoms with E-state index in [1.165, 1.54) is 0 Å². The first-order valence-electron chi connectivity index (χ1n) is 2.90. The predicted octanol–water partition coefficient (Wildman–Crippen LogP) is 1.68. The van der Waals surface area contributed by atoms with Gasteiger partial charge in [-0.3, -0.25) is 10.4 Å². The van der Waals surface area contributed by atoms with Gasteiger partial charge in [-0.2, -0.15) is 0 Å². The summed E-state index contributed by atoms with van der Waals surface area (Å²) in [5.41, 5.74) is 0. The zero-order valence-electron chi connectivity index (χ0n) is 6.43. The second-order valence-electron chi connectivity index (χ2n) is 0.978. The first-order valence-corrected chi connectivity index (χ1v) is 2.90. The van der Waals surface area contributed by atoms with Crippen LogP contribution < -0.4 is 0 Å². The molecule has 0 unspecified atom stereocenters. The molecule has 0 aromatic heterocycles. The van der Waals surface area contributed by atoms with E-state index in [0.29, 0.717) is 5.90 Å². The molecular weight excluding hydrogens is 116 g/mol. The molecule has 0 aliphatic heterocycles. The highest BCUT2D eigenvalue weighted by Gasteiger charge is 1.78.